The standard InChI is InChI=1S/C19H31N3O6S/c1-15(19(24)20-11-6-12-27-3)22(18(23)14-21(2)29(5,25)26)13-16-7-9-17(28-4)10-8-16/h7-10,15H,6,11-14H2,1-5H3,(H,20,24)/t15-/m0/s1. The lowest BCUT2D eigenvalue weighted by Gasteiger charge is -2.30. The predicted octanol–water partition coefficient (Wildman–Crippen LogP) is 0.456. The highest BCUT2D eigenvalue weighted by Gasteiger charge is 2.28. The molecule has 0 aromatic heterocycles. The summed E-state index contributed by atoms with van der Waals surface area (Å²) < 4.78 is 34.4. The highest BCUT2D eigenvalue weighted by Crippen LogP contribution is 2.15. The molecule has 10 heteroatoms. The van der Waals surface area contributed by atoms with Gasteiger partial charge in [0.15, 0.2) is 0 Å². The van der Waals surface area contributed by atoms with E-state index in [1.807, 2.05) is 0 Å². The number of carbonyl (C=O) groups is 2. The van der Waals surface area contributed by atoms with Crippen LogP contribution in [0.2, 0.25) is 0 Å². The topological polar surface area (TPSA) is 105 Å². The van der Waals surface area contributed by atoms with Crippen molar-refractivity contribution >= 4 is 21.8 Å². The molecule has 1 atom stereocenters. The Morgan fingerprint density at radius 2 is 1.79 bits per heavy atom. The molecule has 9 nitrogen and oxygen atoms in total. The van der Waals surface area contributed by atoms with Gasteiger partial charge in [0.1, 0.15) is 11.8 Å². The molecule has 0 saturated carbocycles. The van der Waals surface area contributed by atoms with Gasteiger partial charge in [0, 0.05) is 33.9 Å². The predicted molar refractivity (Wildman–Crippen MR) is 110 cm³/mol. The van der Waals surface area contributed by atoms with Gasteiger partial charge in [-0.1, -0.05) is 12.1 Å². The maximum absolute atomic E-state index is 12.8. The fourth-order valence-electron chi connectivity index (χ4n) is 2.48. The van der Waals surface area contributed by atoms with Crippen molar-refractivity contribution in [1.82, 2.24) is 14.5 Å². The van der Waals surface area contributed by atoms with Crippen LogP contribution in [-0.2, 0) is 30.9 Å². The van der Waals surface area contributed by atoms with Gasteiger partial charge in [-0.3, -0.25) is 9.59 Å². The molecule has 0 aliphatic heterocycles. The summed E-state index contributed by atoms with van der Waals surface area (Å²) in [7, 11) is 0.942. The molecule has 0 heterocycles. The molecule has 1 aromatic rings. The first-order valence-corrected chi connectivity index (χ1v) is 11.0. The second kappa shape index (κ2) is 11.7. The second-order valence-electron chi connectivity index (χ2n) is 6.70. The van der Waals surface area contributed by atoms with Crippen molar-refractivity contribution in [1.29, 1.82) is 0 Å². The van der Waals surface area contributed by atoms with Crippen molar-refractivity contribution in [3.05, 3.63) is 29.8 Å². The van der Waals surface area contributed by atoms with Crippen LogP contribution in [-0.4, -0.2) is 82.7 Å². The molecule has 0 fully saturated rings. The lowest BCUT2D eigenvalue weighted by molar-refractivity contribution is -0.140. The third-order valence-electron chi connectivity index (χ3n) is 4.43. The number of hydrogen-bond donors (Lipinski definition) is 1. The number of methoxy groups -OCH3 is 2. The summed E-state index contributed by atoms with van der Waals surface area (Å²) in [5.74, 6) is -0.106. The molecule has 0 aliphatic rings. The molecule has 2 amide bonds. The summed E-state index contributed by atoms with van der Waals surface area (Å²) in [6.07, 6.45) is 1.68. The Bertz CT molecular complexity index is 767. The molecule has 0 radical (unpaired) electrons. The summed E-state index contributed by atoms with van der Waals surface area (Å²) >= 11 is 0. The number of ether oxygens (including phenoxy) is 2. The molecule has 0 aliphatic carbocycles. The number of benzene rings is 1. The fraction of sp³-hybridized carbons (Fsp3) is 0.579. The van der Waals surface area contributed by atoms with E-state index >= 15 is 0 Å². The van der Waals surface area contributed by atoms with E-state index in [1.54, 1.807) is 45.4 Å². The van der Waals surface area contributed by atoms with Crippen LogP contribution in [0.15, 0.2) is 24.3 Å². The Morgan fingerprint density at radius 3 is 2.31 bits per heavy atom. The normalized spacial score (nSPS) is 12.5. The van der Waals surface area contributed by atoms with Gasteiger partial charge in [-0.25, -0.2) is 8.42 Å². The zero-order valence-electron chi connectivity index (χ0n) is 17.7. The average Bonchev–Trinajstić information content (AvgIpc) is 2.68. The molecule has 1 rings (SSSR count). The number of sulfonamides is 1. The number of carbonyl (C=O) groups excluding carboxylic acids is 2. The summed E-state index contributed by atoms with van der Waals surface area (Å²) in [5, 5.41) is 2.78. The van der Waals surface area contributed by atoms with Crippen molar-refractivity contribution in [2.24, 2.45) is 0 Å². The summed E-state index contributed by atoms with van der Waals surface area (Å²) in [6, 6.07) is 6.33. The summed E-state index contributed by atoms with van der Waals surface area (Å²) in [4.78, 5) is 26.7. The van der Waals surface area contributed by atoms with Crippen LogP contribution in [0.25, 0.3) is 0 Å². The number of nitrogens with one attached hydrogen (secondary N) is 1. The molecule has 0 bridgehead atoms. The first-order chi connectivity index (χ1) is 13.6. The highest BCUT2D eigenvalue weighted by molar-refractivity contribution is 7.88. The monoisotopic (exact) mass is 429 g/mol. The van der Waals surface area contributed by atoms with Gasteiger partial charge < -0.3 is 19.7 Å². The maximum atomic E-state index is 12.8. The van der Waals surface area contributed by atoms with E-state index in [0.717, 1.165) is 16.1 Å². The van der Waals surface area contributed by atoms with Crippen LogP contribution in [0.3, 0.4) is 0 Å². The van der Waals surface area contributed by atoms with Crippen LogP contribution >= 0.6 is 0 Å². The van der Waals surface area contributed by atoms with E-state index in [0.29, 0.717) is 25.3 Å². The Labute approximate surface area is 173 Å². The number of rotatable bonds is 12. The van der Waals surface area contributed by atoms with Gasteiger partial charge in [0.25, 0.3) is 0 Å². The zero-order chi connectivity index (χ0) is 22.0. The van der Waals surface area contributed by atoms with Crippen molar-refractivity contribution in [3.8, 4) is 5.75 Å². The average molecular weight is 430 g/mol. The zero-order valence-corrected chi connectivity index (χ0v) is 18.5. The highest BCUT2D eigenvalue weighted by atomic mass is 32.2. The van der Waals surface area contributed by atoms with Crippen LogP contribution in [0.1, 0.15) is 18.9 Å². The molecular weight excluding hydrogens is 398 g/mol. The number of hydrogen-bond acceptors (Lipinski definition) is 6. The van der Waals surface area contributed by atoms with Crippen molar-refractivity contribution in [2.75, 3.05) is 47.2 Å². The smallest absolute Gasteiger partial charge is 0.242 e. The number of amides is 2. The van der Waals surface area contributed by atoms with Crippen LogP contribution in [0.4, 0.5) is 0 Å². The third kappa shape index (κ3) is 8.38. The second-order valence-corrected chi connectivity index (χ2v) is 8.79. The Morgan fingerprint density at radius 1 is 1.17 bits per heavy atom. The van der Waals surface area contributed by atoms with Gasteiger partial charge in [-0.2, -0.15) is 4.31 Å². The van der Waals surface area contributed by atoms with Crippen molar-refractivity contribution in [2.45, 2.75) is 25.9 Å². The van der Waals surface area contributed by atoms with Crippen molar-refractivity contribution < 1.29 is 27.5 Å². The number of nitrogens with zero attached hydrogens (tertiary/aromatic N) is 2. The van der Waals surface area contributed by atoms with E-state index in [2.05, 4.69) is 5.32 Å². The van der Waals surface area contributed by atoms with Gasteiger partial charge in [-0.15, -0.1) is 0 Å². The minimum atomic E-state index is -3.52. The minimum absolute atomic E-state index is 0.160. The molecule has 29 heavy (non-hydrogen) atoms. The van der Waals surface area contributed by atoms with Crippen molar-refractivity contribution in [3.63, 3.8) is 0 Å². The molecule has 0 unspecified atom stereocenters. The molecule has 164 valence electrons. The lowest BCUT2D eigenvalue weighted by atomic mass is 10.1. The van der Waals surface area contributed by atoms with E-state index in [1.165, 1.54) is 11.9 Å². The number of likely N-dealkylation sites (N-methyl/N-ethyl adjacent to an activating group) is 1. The van der Waals surface area contributed by atoms with E-state index < -0.39 is 22.0 Å². The quantitative estimate of drug-likeness (QED) is 0.484. The minimum Gasteiger partial charge on any atom is -0.497 e. The molecule has 1 N–H and O–H groups in total. The van der Waals surface area contributed by atoms with E-state index in [4.69, 9.17) is 9.47 Å². The van der Waals surface area contributed by atoms with Crippen LogP contribution in [0, 0.1) is 0 Å². The Balaban J connectivity index is 2.96. The largest absolute Gasteiger partial charge is 0.497 e. The fourth-order valence-corrected chi connectivity index (χ4v) is 2.83. The molecule has 0 spiro atoms. The van der Waals surface area contributed by atoms with Crippen LogP contribution < -0.4 is 10.1 Å². The maximum Gasteiger partial charge on any atom is 0.242 e. The van der Waals surface area contributed by atoms with Crippen LogP contribution in [0.5, 0.6) is 5.75 Å². The third-order valence-corrected chi connectivity index (χ3v) is 5.69. The Kier molecular flexibility index (Phi) is 10.1. The van der Waals surface area contributed by atoms with Gasteiger partial charge >= 0.3 is 0 Å². The molecule has 1 aromatic carbocycles. The first-order valence-electron chi connectivity index (χ1n) is 9.20. The van der Waals surface area contributed by atoms with Gasteiger partial charge in [0.05, 0.1) is 19.9 Å². The lowest BCUT2D eigenvalue weighted by Crippen LogP contribution is -2.50. The summed E-state index contributed by atoms with van der Waals surface area (Å²) in [6.45, 7) is 2.37. The van der Waals surface area contributed by atoms with Gasteiger partial charge in [0.2, 0.25) is 21.8 Å². The molecular formula is C19H31N3O6S. The van der Waals surface area contributed by atoms with Gasteiger partial charge in [-0.05, 0) is 31.0 Å². The van der Waals surface area contributed by atoms with E-state index in [9.17, 15) is 18.0 Å². The summed E-state index contributed by atoms with van der Waals surface area (Å²) in [5.41, 5.74) is 0.792. The van der Waals surface area contributed by atoms with E-state index in [-0.39, 0.29) is 19.0 Å². The first kappa shape index (κ1) is 24.9. The SMILES string of the molecule is COCCCNC(=O)[C@H](C)N(Cc1ccc(OC)cc1)C(=O)CN(C)S(C)(=O)=O. The Hall–Kier alpha value is -2.17. The molecule has 0 saturated heterocycles.